The Hall–Kier alpha value is -0.900. The summed E-state index contributed by atoms with van der Waals surface area (Å²) in [7, 11) is 0. The average molecular weight is 252 g/mol. The van der Waals surface area contributed by atoms with Crippen molar-refractivity contribution in [1.82, 2.24) is 20.1 Å². The zero-order valence-corrected chi connectivity index (χ0v) is 12.5. The lowest BCUT2D eigenvalue weighted by atomic mass is 9.99. The molecule has 0 spiro atoms. The van der Waals surface area contributed by atoms with Crippen molar-refractivity contribution >= 4 is 0 Å². The molecule has 0 amide bonds. The van der Waals surface area contributed by atoms with E-state index in [0.717, 1.165) is 18.8 Å². The second-order valence-corrected chi connectivity index (χ2v) is 5.61. The van der Waals surface area contributed by atoms with Gasteiger partial charge in [0.25, 0.3) is 0 Å². The Kier molecular flexibility index (Phi) is 6.33. The number of nitrogens with one attached hydrogen (secondary N) is 1. The van der Waals surface area contributed by atoms with Gasteiger partial charge < -0.3 is 5.32 Å². The molecule has 0 fully saturated rings. The topological polar surface area (TPSA) is 42.7 Å². The molecule has 2 atom stereocenters. The first kappa shape index (κ1) is 15.2. The highest BCUT2D eigenvalue weighted by molar-refractivity contribution is 4.88. The fourth-order valence-electron chi connectivity index (χ4n) is 2.32. The van der Waals surface area contributed by atoms with Gasteiger partial charge in [0.1, 0.15) is 12.2 Å². The lowest BCUT2D eigenvalue weighted by molar-refractivity contribution is 0.400. The Morgan fingerprint density at radius 1 is 1.28 bits per heavy atom. The molecule has 0 aliphatic carbocycles. The van der Waals surface area contributed by atoms with E-state index in [1.807, 2.05) is 4.68 Å². The number of nitrogens with zero attached hydrogens (tertiary/aromatic N) is 3. The molecule has 0 saturated carbocycles. The summed E-state index contributed by atoms with van der Waals surface area (Å²) >= 11 is 0. The lowest BCUT2D eigenvalue weighted by Crippen LogP contribution is -2.29. The minimum absolute atomic E-state index is 0.394. The number of aromatic nitrogens is 3. The van der Waals surface area contributed by atoms with Gasteiger partial charge in [-0.2, -0.15) is 5.10 Å². The SMILES string of the molecule is CCCNC(C)CC(C)Cc1ncnn1C(C)C. The fourth-order valence-corrected chi connectivity index (χ4v) is 2.32. The number of rotatable bonds is 8. The molecule has 0 saturated heterocycles. The summed E-state index contributed by atoms with van der Waals surface area (Å²) in [5.41, 5.74) is 0. The molecule has 0 aromatic carbocycles. The smallest absolute Gasteiger partial charge is 0.138 e. The second kappa shape index (κ2) is 7.52. The third kappa shape index (κ3) is 4.77. The largest absolute Gasteiger partial charge is 0.314 e. The Morgan fingerprint density at radius 3 is 2.61 bits per heavy atom. The maximum atomic E-state index is 4.38. The first-order chi connectivity index (χ1) is 8.54. The van der Waals surface area contributed by atoms with Gasteiger partial charge in [-0.05, 0) is 46.1 Å². The van der Waals surface area contributed by atoms with Gasteiger partial charge in [0.2, 0.25) is 0 Å². The molecule has 0 aliphatic heterocycles. The molecule has 1 heterocycles. The third-order valence-electron chi connectivity index (χ3n) is 3.17. The predicted octanol–water partition coefficient (Wildman–Crippen LogP) is 2.82. The quantitative estimate of drug-likeness (QED) is 0.773. The van der Waals surface area contributed by atoms with Gasteiger partial charge in [-0.1, -0.05) is 13.8 Å². The van der Waals surface area contributed by atoms with Crippen molar-refractivity contribution in [3.63, 3.8) is 0 Å². The van der Waals surface area contributed by atoms with Crippen LogP contribution in [0.5, 0.6) is 0 Å². The number of hydrogen-bond donors (Lipinski definition) is 1. The Bertz CT molecular complexity index is 332. The minimum Gasteiger partial charge on any atom is -0.314 e. The summed E-state index contributed by atoms with van der Waals surface area (Å²) in [5, 5.41) is 7.82. The van der Waals surface area contributed by atoms with Crippen LogP contribution in [0.3, 0.4) is 0 Å². The first-order valence-electron chi connectivity index (χ1n) is 7.16. The Morgan fingerprint density at radius 2 is 2.00 bits per heavy atom. The standard InChI is InChI=1S/C14H28N4/c1-6-7-15-13(5)8-12(4)9-14-16-10-17-18(14)11(2)3/h10-13,15H,6-9H2,1-5H3. The molecule has 18 heavy (non-hydrogen) atoms. The summed E-state index contributed by atoms with van der Waals surface area (Å²) in [6.07, 6.45) is 5.06. The summed E-state index contributed by atoms with van der Waals surface area (Å²) < 4.78 is 2.03. The van der Waals surface area contributed by atoms with Crippen molar-refractivity contribution in [2.45, 2.75) is 66.0 Å². The fraction of sp³-hybridized carbons (Fsp3) is 0.857. The van der Waals surface area contributed by atoms with Crippen molar-refractivity contribution in [2.75, 3.05) is 6.54 Å². The predicted molar refractivity (Wildman–Crippen MR) is 75.6 cm³/mol. The first-order valence-corrected chi connectivity index (χ1v) is 7.16. The summed E-state index contributed by atoms with van der Waals surface area (Å²) in [6.45, 7) is 12.2. The highest BCUT2D eigenvalue weighted by Gasteiger charge is 2.14. The monoisotopic (exact) mass is 252 g/mol. The van der Waals surface area contributed by atoms with E-state index < -0.39 is 0 Å². The van der Waals surface area contributed by atoms with E-state index in [1.54, 1.807) is 6.33 Å². The molecule has 0 radical (unpaired) electrons. The van der Waals surface area contributed by atoms with Crippen molar-refractivity contribution in [3.8, 4) is 0 Å². The van der Waals surface area contributed by atoms with Crippen molar-refractivity contribution in [3.05, 3.63) is 12.2 Å². The molecule has 4 nitrogen and oxygen atoms in total. The molecular formula is C14H28N4. The third-order valence-corrected chi connectivity index (χ3v) is 3.17. The average Bonchev–Trinajstić information content (AvgIpc) is 2.74. The zero-order valence-electron chi connectivity index (χ0n) is 12.5. The van der Waals surface area contributed by atoms with Crippen LogP contribution in [-0.2, 0) is 6.42 Å². The molecule has 2 unspecified atom stereocenters. The number of hydrogen-bond acceptors (Lipinski definition) is 3. The van der Waals surface area contributed by atoms with Crippen molar-refractivity contribution < 1.29 is 0 Å². The van der Waals surface area contributed by atoms with Crippen LogP contribution in [0.1, 0.15) is 59.3 Å². The van der Waals surface area contributed by atoms with Crippen molar-refractivity contribution in [2.24, 2.45) is 5.92 Å². The lowest BCUT2D eigenvalue weighted by Gasteiger charge is -2.19. The normalized spacial score (nSPS) is 15.0. The Labute approximate surface area is 111 Å². The molecule has 104 valence electrons. The van der Waals surface area contributed by atoms with E-state index >= 15 is 0 Å². The van der Waals surface area contributed by atoms with Crippen molar-refractivity contribution in [1.29, 1.82) is 0 Å². The van der Waals surface area contributed by atoms with Gasteiger partial charge in [0, 0.05) is 18.5 Å². The molecule has 0 aliphatic rings. The molecule has 1 N–H and O–H groups in total. The molecule has 4 heteroatoms. The van der Waals surface area contributed by atoms with E-state index in [1.165, 1.54) is 12.8 Å². The van der Waals surface area contributed by atoms with E-state index in [-0.39, 0.29) is 0 Å². The van der Waals surface area contributed by atoms with E-state index in [0.29, 0.717) is 18.0 Å². The highest BCUT2D eigenvalue weighted by Crippen LogP contribution is 2.14. The van der Waals surface area contributed by atoms with E-state index in [9.17, 15) is 0 Å². The Balaban J connectivity index is 2.44. The van der Waals surface area contributed by atoms with Crippen LogP contribution in [0.4, 0.5) is 0 Å². The van der Waals surface area contributed by atoms with Gasteiger partial charge in [0.15, 0.2) is 0 Å². The van der Waals surface area contributed by atoms with Gasteiger partial charge in [-0.3, -0.25) is 0 Å². The highest BCUT2D eigenvalue weighted by atomic mass is 15.3. The molecule has 1 aromatic rings. The maximum absolute atomic E-state index is 4.38. The van der Waals surface area contributed by atoms with E-state index in [4.69, 9.17) is 0 Å². The summed E-state index contributed by atoms with van der Waals surface area (Å²) in [6, 6.07) is 0.973. The van der Waals surface area contributed by atoms with Gasteiger partial charge in [-0.15, -0.1) is 0 Å². The van der Waals surface area contributed by atoms with Crippen LogP contribution in [0.2, 0.25) is 0 Å². The van der Waals surface area contributed by atoms with E-state index in [2.05, 4.69) is 50.0 Å². The van der Waals surface area contributed by atoms with Crippen LogP contribution in [0.25, 0.3) is 0 Å². The van der Waals surface area contributed by atoms with Gasteiger partial charge in [0.05, 0.1) is 0 Å². The zero-order chi connectivity index (χ0) is 13.5. The molecule has 1 aromatic heterocycles. The van der Waals surface area contributed by atoms with Gasteiger partial charge in [-0.25, -0.2) is 9.67 Å². The molecule has 1 rings (SSSR count). The molecular weight excluding hydrogens is 224 g/mol. The van der Waals surface area contributed by atoms with Crippen LogP contribution >= 0.6 is 0 Å². The van der Waals surface area contributed by atoms with Crippen LogP contribution in [-0.4, -0.2) is 27.4 Å². The second-order valence-electron chi connectivity index (χ2n) is 5.61. The molecule has 0 bridgehead atoms. The summed E-state index contributed by atoms with van der Waals surface area (Å²) in [4.78, 5) is 4.38. The minimum atomic E-state index is 0.394. The van der Waals surface area contributed by atoms with Crippen LogP contribution in [0, 0.1) is 5.92 Å². The van der Waals surface area contributed by atoms with Crippen LogP contribution < -0.4 is 5.32 Å². The van der Waals surface area contributed by atoms with Gasteiger partial charge >= 0.3 is 0 Å². The summed E-state index contributed by atoms with van der Waals surface area (Å²) in [5.74, 6) is 1.74. The van der Waals surface area contributed by atoms with Crippen LogP contribution in [0.15, 0.2) is 6.33 Å². The maximum Gasteiger partial charge on any atom is 0.138 e.